The van der Waals surface area contributed by atoms with Crippen LogP contribution < -0.4 is 5.32 Å². The van der Waals surface area contributed by atoms with Crippen LogP contribution in [-0.2, 0) is 4.79 Å². The van der Waals surface area contributed by atoms with Crippen LogP contribution in [0, 0.1) is 11.8 Å². The summed E-state index contributed by atoms with van der Waals surface area (Å²) < 4.78 is 0. The van der Waals surface area contributed by atoms with Gasteiger partial charge in [0.2, 0.25) is 0 Å². The van der Waals surface area contributed by atoms with E-state index in [-0.39, 0.29) is 18.6 Å². The van der Waals surface area contributed by atoms with Crippen molar-refractivity contribution in [1.82, 2.24) is 10.2 Å². The zero-order chi connectivity index (χ0) is 14.4. The van der Waals surface area contributed by atoms with Crippen molar-refractivity contribution in [3.63, 3.8) is 0 Å². The first-order valence-corrected chi connectivity index (χ1v) is 7.23. The molecule has 110 valence electrons. The topological polar surface area (TPSA) is 69.6 Å². The summed E-state index contributed by atoms with van der Waals surface area (Å²) in [5, 5.41) is 11.8. The molecule has 1 fully saturated rings. The van der Waals surface area contributed by atoms with Crippen molar-refractivity contribution in [3.05, 3.63) is 0 Å². The Labute approximate surface area is 115 Å². The van der Waals surface area contributed by atoms with E-state index >= 15 is 0 Å². The molecule has 1 rings (SSSR count). The molecule has 0 radical (unpaired) electrons. The van der Waals surface area contributed by atoms with Crippen LogP contribution in [0.4, 0.5) is 4.79 Å². The number of nitrogens with zero attached hydrogens (tertiary/aromatic N) is 1. The lowest BCUT2D eigenvalue weighted by molar-refractivity contribution is -0.141. The zero-order valence-electron chi connectivity index (χ0n) is 12.2. The molecule has 0 spiro atoms. The lowest BCUT2D eigenvalue weighted by Gasteiger charge is -2.36. The Morgan fingerprint density at radius 1 is 1.42 bits per heavy atom. The fourth-order valence-corrected chi connectivity index (χ4v) is 2.68. The summed E-state index contributed by atoms with van der Waals surface area (Å²) in [6.07, 6.45) is 3.45. The van der Waals surface area contributed by atoms with Crippen molar-refractivity contribution in [1.29, 1.82) is 0 Å². The van der Waals surface area contributed by atoms with E-state index in [1.165, 1.54) is 0 Å². The number of hydrogen-bond donors (Lipinski definition) is 2. The summed E-state index contributed by atoms with van der Waals surface area (Å²) in [5.41, 5.74) is 0. The number of piperidine rings is 1. The molecule has 2 amide bonds. The summed E-state index contributed by atoms with van der Waals surface area (Å²) in [4.78, 5) is 24.9. The SMILES string of the molecule is CCCC(CNC(=O)N1CCC(C)CC1C)C(=O)O. The monoisotopic (exact) mass is 270 g/mol. The Hall–Kier alpha value is -1.26. The Bertz CT molecular complexity index is 320. The van der Waals surface area contributed by atoms with Crippen molar-refractivity contribution in [2.45, 2.75) is 52.5 Å². The third-order valence-electron chi connectivity index (χ3n) is 3.89. The van der Waals surface area contributed by atoms with Gasteiger partial charge in [-0.05, 0) is 32.1 Å². The molecular formula is C14H26N2O3. The van der Waals surface area contributed by atoms with E-state index in [2.05, 4.69) is 19.2 Å². The fraction of sp³-hybridized carbons (Fsp3) is 0.857. The molecule has 1 saturated heterocycles. The Morgan fingerprint density at radius 2 is 2.11 bits per heavy atom. The number of hydrogen-bond acceptors (Lipinski definition) is 2. The molecule has 5 nitrogen and oxygen atoms in total. The zero-order valence-corrected chi connectivity index (χ0v) is 12.2. The molecule has 1 heterocycles. The average Bonchev–Trinajstić information content (AvgIpc) is 2.33. The predicted molar refractivity (Wildman–Crippen MR) is 74.0 cm³/mol. The molecule has 0 aromatic carbocycles. The van der Waals surface area contributed by atoms with Gasteiger partial charge < -0.3 is 15.3 Å². The van der Waals surface area contributed by atoms with Crippen LogP contribution in [0.5, 0.6) is 0 Å². The number of nitrogens with one attached hydrogen (secondary N) is 1. The number of carbonyl (C=O) groups is 2. The quantitative estimate of drug-likeness (QED) is 0.805. The van der Waals surface area contributed by atoms with E-state index < -0.39 is 11.9 Å². The van der Waals surface area contributed by atoms with Crippen LogP contribution in [0.3, 0.4) is 0 Å². The van der Waals surface area contributed by atoms with Gasteiger partial charge in [0.15, 0.2) is 0 Å². The molecule has 0 aliphatic carbocycles. The van der Waals surface area contributed by atoms with Gasteiger partial charge in [0, 0.05) is 19.1 Å². The van der Waals surface area contributed by atoms with Crippen LogP contribution >= 0.6 is 0 Å². The minimum Gasteiger partial charge on any atom is -0.481 e. The molecular weight excluding hydrogens is 244 g/mol. The molecule has 3 atom stereocenters. The smallest absolute Gasteiger partial charge is 0.317 e. The molecule has 3 unspecified atom stereocenters. The standard InChI is InChI=1S/C14H26N2O3/c1-4-5-12(13(17)18)9-15-14(19)16-7-6-10(2)8-11(16)3/h10-12H,4-9H2,1-3H3,(H,15,19)(H,17,18). The van der Waals surface area contributed by atoms with Gasteiger partial charge in [-0.15, -0.1) is 0 Å². The highest BCUT2D eigenvalue weighted by Gasteiger charge is 2.27. The molecule has 1 aliphatic rings. The number of urea groups is 1. The second kappa shape index (κ2) is 7.36. The van der Waals surface area contributed by atoms with Gasteiger partial charge in [-0.1, -0.05) is 20.3 Å². The van der Waals surface area contributed by atoms with Crippen molar-refractivity contribution in [2.75, 3.05) is 13.1 Å². The summed E-state index contributed by atoms with van der Waals surface area (Å²) >= 11 is 0. The minimum absolute atomic E-state index is 0.123. The third kappa shape index (κ3) is 4.73. The third-order valence-corrected chi connectivity index (χ3v) is 3.89. The maximum Gasteiger partial charge on any atom is 0.317 e. The molecule has 0 aromatic rings. The van der Waals surface area contributed by atoms with E-state index in [1.54, 1.807) is 0 Å². The molecule has 19 heavy (non-hydrogen) atoms. The highest BCUT2D eigenvalue weighted by atomic mass is 16.4. The van der Waals surface area contributed by atoms with E-state index in [0.29, 0.717) is 12.3 Å². The van der Waals surface area contributed by atoms with Crippen LogP contribution in [0.2, 0.25) is 0 Å². The van der Waals surface area contributed by atoms with E-state index in [9.17, 15) is 9.59 Å². The maximum atomic E-state index is 12.1. The molecule has 0 aromatic heterocycles. The van der Waals surface area contributed by atoms with Gasteiger partial charge in [0.1, 0.15) is 0 Å². The first-order chi connectivity index (χ1) is 8.95. The van der Waals surface area contributed by atoms with Crippen LogP contribution in [0.15, 0.2) is 0 Å². The van der Waals surface area contributed by atoms with Crippen molar-refractivity contribution in [3.8, 4) is 0 Å². The van der Waals surface area contributed by atoms with Gasteiger partial charge >= 0.3 is 12.0 Å². The van der Waals surface area contributed by atoms with Gasteiger partial charge in [-0.3, -0.25) is 4.79 Å². The van der Waals surface area contributed by atoms with Gasteiger partial charge in [-0.25, -0.2) is 4.79 Å². The first-order valence-electron chi connectivity index (χ1n) is 7.23. The Morgan fingerprint density at radius 3 is 2.63 bits per heavy atom. The Balaban J connectivity index is 2.43. The highest BCUT2D eigenvalue weighted by Crippen LogP contribution is 2.22. The molecule has 0 bridgehead atoms. The van der Waals surface area contributed by atoms with E-state index in [1.807, 2.05) is 11.8 Å². The van der Waals surface area contributed by atoms with Gasteiger partial charge in [0.05, 0.1) is 5.92 Å². The number of rotatable bonds is 5. The van der Waals surface area contributed by atoms with Crippen molar-refractivity contribution >= 4 is 12.0 Å². The number of carbonyl (C=O) groups excluding carboxylic acids is 1. The number of likely N-dealkylation sites (tertiary alicyclic amines) is 1. The van der Waals surface area contributed by atoms with E-state index in [0.717, 1.165) is 25.8 Å². The molecule has 5 heteroatoms. The number of aliphatic carboxylic acids is 1. The minimum atomic E-state index is -0.831. The Kier molecular flexibility index (Phi) is 6.12. The lowest BCUT2D eigenvalue weighted by atomic mass is 9.94. The lowest BCUT2D eigenvalue weighted by Crippen LogP contribution is -2.50. The maximum absolute atomic E-state index is 12.1. The number of carboxylic acid groups (broad SMARTS) is 1. The van der Waals surface area contributed by atoms with Gasteiger partial charge in [-0.2, -0.15) is 0 Å². The number of carboxylic acids is 1. The molecule has 2 N–H and O–H groups in total. The normalized spacial score (nSPS) is 24.9. The molecule has 0 saturated carbocycles. The summed E-state index contributed by atoms with van der Waals surface area (Å²) in [6, 6.07) is 0.111. The summed E-state index contributed by atoms with van der Waals surface area (Å²) in [5.74, 6) is -0.652. The second-order valence-corrected chi connectivity index (χ2v) is 5.68. The largest absolute Gasteiger partial charge is 0.481 e. The fourth-order valence-electron chi connectivity index (χ4n) is 2.68. The second-order valence-electron chi connectivity index (χ2n) is 5.68. The van der Waals surface area contributed by atoms with Crippen molar-refractivity contribution in [2.24, 2.45) is 11.8 Å². The summed E-state index contributed by atoms with van der Waals surface area (Å²) in [6.45, 7) is 7.19. The van der Waals surface area contributed by atoms with E-state index in [4.69, 9.17) is 5.11 Å². The van der Waals surface area contributed by atoms with Crippen LogP contribution in [-0.4, -0.2) is 41.1 Å². The van der Waals surface area contributed by atoms with Crippen LogP contribution in [0.25, 0.3) is 0 Å². The highest BCUT2D eigenvalue weighted by molar-refractivity contribution is 5.76. The van der Waals surface area contributed by atoms with Crippen molar-refractivity contribution < 1.29 is 14.7 Å². The van der Waals surface area contributed by atoms with Gasteiger partial charge in [0.25, 0.3) is 0 Å². The average molecular weight is 270 g/mol. The molecule has 1 aliphatic heterocycles. The summed E-state index contributed by atoms with van der Waals surface area (Å²) in [7, 11) is 0. The first kappa shape index (κ1) is 15.8. The van der Waals surface area contributed by atoms with Crippen LogP contribution in [0.1, 0.15) is 46.5 Å². The predicted octanol–water partition coefficient (Wildman–Crippen LogP) is 2.32. The number of amides is 2.